The van der Waals surface area contributed by atoms with Gasteiger partial charge in [-0.05, 0) is 38.5 Å². The van der Waals surface area contributed by atoms with Gasteiger partial charge in [0.15, 0.2) is 0 Å². The SMILES string of the molecule is C[C@H](NC(=O)C(C)(C)Sc1ccccc1)[C@@H](O)c1ccccc1. The fourth-order valence-corrected chi connectivity index (χ4v) is 3.26. The molecule has 2 rings (SSSR count). The Balaban J connectivity index is 1.99. The van der Waals surface area contributed by atoms with Gasteiger partial charge in [0.25, 0.3) is 0 Å². The minimum Gasteiger partial charge on any atom is -0.386 e. The number of carbonyl (C=O) groups excluding carboxylic acids is 1. The Hall–Kier alpha value is -1.78. The van der Waals surface area contributed by atoms with Crippen molar-refractivity contribution in [3.05, 3.63) is 66.2 Å². The number of carbonyl (C=O) groups is 1. The van der Waals surface area contributed by atoms with E-state index in [0.717, 1.165) is 10.5 Å². The molecule has 0 aliphatic heterocycles. The van der Waals surface area contributed by atoms with Crippen molar-refractivity contribution < 1.29 is 9.90 Å². The lowest BCUT2D eigenvalue weighted by Crippen LogP contribution is -2.46. The second-order valence-corrected chi connectivity index (χ2v) is 7.74. The molecule has 0 aliphatic carbocycles. The molecule has 122 valence electrons. The molecule has 0 heterocycles. The number of rotatable bonds is 6. The van der Waals surface area contributed by atoms with Crippen molar-refractivity contribution in [3.63, 3.8) is 0 Å². The predicted molar refractivity (Wildman–Crippen MR) is 95.4 cm³/mol. The lowest BCUT2D eigenvalue weighted by atomic mass is 10.0. The van der Waals surface area contributed by atoms with E-state index in [1.54, 1.807) is 0 Å². The Morgan fingerprint density at radius 2 is 1.57 bits per heavy atom. The van der Waals surface area contributed by atoms with Gasteiger partial charge in [0.2, 0.25) is 5.91 Å². The number of amides is 1. The number of nitrogens with one attached hydrogen (secondary N) is 1. The fraction of sp³-hybridized carbons (Fsp3) is 0.316. The summed E-state index contributed by atoms with van der Waals surface area (Å²) in [6.45, 7) is 5.60. The van der Waals surface area contributed by atoms with Crippen molar-refractivity contribution in [2.45, 2.75) is 42.6 Å². The molecular weight excluding hydrogens is 306 g/mol. The average Bonchev–Trinajstić information content (AvgIpc) is 2.55. The zero-order valence-electron chi connectivity index (χ0n) is 13.7. The first-order valence-electron chi connectivity index (χ1n) is 7.68. The van der Waals surface area contributed by atoms with Crippen LogP contribution < -0.4 is 5.32 Å². The number of aliphatic hydroxyl groups is 1. The van der Waals surface area contributed by atoms with Crippen LogP contribution in [0.5, 0.6) is 0 Å². The maximum Gasteiger partial charge on any atom is 0.236 e. The Morgan fingerprint density at radius 3 is 2.13 bits per heavy atom. The largest absolute Gasteiger partial charge is 0.386 e. The van der Waals surface area contributed by atoms with Gasteiger partial charge in [-0.25, -0.2) is 0 Å². The number of thioether (sulfide) groups is 1. The number of benzene rings is 2. The molecule has 0 bridgehead atoms. The van der Waals surface area contributed by atoms with Gasteiger partial charge >= 0.3 is 0 Å². The molecule has 0 aliphatic rings. The van der Waals surface area contributed by atoms with Gasteiger partial charge in [0.1, 0.15) is 0 Å². The van der Waals surface area contributed by atoms with E-state index in [9.17, 15) is 9.90 Å². The minimum absolute atomic E-state index is 0.0890. The van der Waals surface area contributed by atoms with E-state index in [1.807, 2.05) is 81.4 Å². The van der Waals surface area contributed by atoms with Crippen LogP contribution in [-0.2, 0) is 4.79 Å². The Labute approximate surface area is 142 Å². The normalized spacial score (nSPS) is 14.1. The zero-order valence-corrected chi connectivity index (χ0v) is 14.5. The second kappa shape index (κ2) is 7.66. The Morgan fingerprint density at radius 1 is 1.04 bits per heavy atom. The molecule has 2 atom stereocenters. The summed E-state index contributed by atoms with van der Waals surface area (Å²) in [5.74, 6) is -0.0890. The van der Waals surface area contributed by atoms with Crippen LogP contribution in [-0.4, -0.2) is 21.8 Å². The highest BCUT2D eigenvalue weighted by Gasteiger charge is 2.31. The topological polar surface area (TPSA) is 49.3 Å². The van der Waals surface area contributed by atoms with Gasteiger partial charge in [-0.2, -0.15) is 0 Å². The van der Waals surface area contributed by atoms with E-state index in [2.05, 4.69) is 5.32 Å². The first-order chi connectivity index (χ1) is 10.9. The third-order valence-electron chi connectivity index (χ3n) is 3.64. The third-order valence-corrected chi connectivity index (χ3v) is 4.84. The van der Waals surface area contributed by atoms with E-state index in [-0.39, 0.29) is 11.9 Å². The molecule has 0 saturated heterocycles. The molecule has 2 aromatic carbocycles. The van der Waals surface area contributed by atoms with Crippen molar-refractivity contribution in [1.29, 1.82) is 0 Å². The molecule has 0 radical (unpaired) electrons. The van der Waals surface area contributed by atoms with Gasteiger partial charge in [-0.3, -0.25) is 4.79 Å². The molecule has 0 saturated carbocycles. The highest BCUT2D eigenvalue weighted by atomic mass is 32.2. The van der Waals surface area contributed by atoms with Gasteiger partial charge in [0, 0.05) is 4.90 Å². The summed E-state index contributed by atoms with van der Waals surface area (Å²) in [7, 11) is 0. The maximum atomic E-state index is 12.6. The van der Waals surface area contributed by atoms with E-state index < -0.39 is 10.9 Å². The zero-order chi connectivity index (χ0) is 16.9. The second-order valence-electron chi connectivity index (χ2n) is 6.04. The Bertz CT molecular complexity index is 628. The quantitative estimate of drug-likeness (QED) is 0.793. The van der Waals surface area contributed by atoms with Gasteiger partial charge < -0.3 is 10.4 Å². The standard InChI is InChI=1S/C19H23NO2S/c1-14(17(21)15-10-6-4-7-11-15)20-18(22)19(2,3)23-16-12-8-5-9-13-16/h4-14,17,21H,1-3H3,(H,20,22)/t14-,17+/m0/s1. The summed E-state index contributed by atoms with van der Waals surface area (Å²) >= 11 is 1.51. The average molecular weight is 329 g/mol. The summed E-state index contributed by atoms with van der Waals surface area (Å²) in [6, 6.07) is 18.9. The van der Waals surface area contributed by atoms with E-state index >= 15 is 0 Å². The molecule has 0 aromatic heterocycles. The lowest BCUT2D eigenvalue weighted by Gasteiger charge is -2.27. The number of aliphatic hydroxyl groups excluding tert-OH is 1. The van der Waals surface area contributed by atoms with Crippen molar-refractivity contribution >= 4 is 17.7 Å². The van der Waals surface area contributed by atoms with Crippen LogP contribution in [0, 0.1) is 0 Å². The summed E-state index contributed by atoms with van der Waals surface area (Å²) < 4.78 is -0.619. The molecule has 1 amide bonds. The molecule has 0 unspecified atom stereocenters. The van der Waals surface area contributed by atoms with Crippen LogP contribution in [0.4, 0.5) is 0 Å². The first kappa shape index (κ1) is 17.6. The molecule has 0 fully saturated rings. The van der Waals surface area contributed by atoms with Crippen molar-refractivity contribution in [3.8, 4) is 0 Å². The third kappa shape index (κ3) is 4.85. The van der Waals surface area contributed by atoms with E-state index in [1.165, 1.54) is 11.8 Å². The Kier molecular flexibility index (Phi) is 5.85. The summed E-state index contributed by atoms with van der Waals surface area (Å²) in [6.07, 6.45) is -0.724. The van der Waals surface area contributed by atoms with Crippen LogP contribution >= 0.6 is 11.8 Å². The molecule has 2 aromatic rings. The highest BCUT2D eigenvalue weighted by Crippen LogP contribution is 2.32. The monoisotopic (exact) mass is 329 g/mol. The van der Waals surface area contributed by atoms with Crippen LogP contribution in [0.1, 0.15) is 32.4 Å². The highest BCUT2D eigenvalue weighted by molar-refractivity contribution is 8.01. The molecule has 4 heteroatoms. The summed E-state index contributed by atoms with van der Waals surface area (Å²) in [4.78, 5) is 13.6. The lowest BCUT2D eigenvalue weighted by molar-refractivity contribution is -0.124. The summed E-state index contributed by atoms with van der Waals surface area (Å²) in [5.41, 5.74) is 0.800. The van der Waals surface area contributed by atoms with Gasteiger partial charge in [-0.1, -0.05) is 48.5 Å². The molecule has 0 spiro atoms. The van der Waals surface area contributed by atoms with Crippen LogP contribution in [0.25, 0.3) is 0 Å². The molecule has 23 heavy (non-hydrogen) atoms. The molecular formula is C19H23NO2S. The van der Waals surface area contributed by atoms with Crippen LogP contribution in [0.15, 0.2) is 65.6 Å². The van der Waals surface area contributed by atoms with Crippen LogP contribution in [0.3, 0.4) is 0 Å². The number of hydrogen-bond donors (Lipinski definition) is 2. The van der Waals surface area contributed by atoms with Gasteiger partial charge in [0.05, 0.1) is 16.9 Å². The number of hydrogen-bond acceptors (Lipinski definition) is 3. The van der Waals surface area contributed by atoms with Crippen molar-refractivity contribution in [2.75, 3.05) is 0 Å². The molecule has 3 nitrogen and oxygen atoms in total. The van der Waals surface area contributed by atoms with Crippen LogP contribution in [0.2, 0.25) is 0 Å². The maximum absolute atomic E-state index is 12.6. The van der Waals surface area contributed by atoms with Crippen molar-refractivity contribution in [1.82, 2.24) is 5.32 Å². The van der Waals surface area contributed by atoms with E-state index in [4.69, 9.17) is 0 Å². The minimum atomic E-state index is -0.724. The smallest absolute Gasteiger partial charge is 0.236 e. The first-order valence-corrected chi connectivity index (χ1v) is 8.50. The van der Waals surface area contributed by atoms with Gasteiger partial charge in [-0.15, -0.1) is 11.8 Å². The summed E-state index contributed by atoms with van der Waals surface area (Å²) in [5, 5.41) is 13.3. The van der Waals surface area contributed by atoms with Crippen molar-refractivity contribution in [2.24, 2.45) is 0 Å². The fourth-order valence-electron chi connectivity index (χ4n) is 2.23. The predicted octanol–water partition coefficient (Wildman–Crippen LogP) is 3.80. The molecule has 2 N–H and O–H groups in total. The van der Waals surface area contributed by atoms with E-state index in [0.29, 0.717) is 0 Å².